The van der Waals surface area contributed by atoms with Gasteiger partial charge in [-0.3, -0.25) is 9.78 Å². The SMILES string of the molecule is COc1ccc2c(c1)c(CCC(=O)O)cn2S(=O)(=O)c1cncc(-c2ccc(F)c(Cl)c2)c1. The third-order valence-electron chi connectivity index (χ3n) is 5.19. The van der Waals surface area contributed by atoms with Gasteiger partial charge in [-0.25, -0.2) is 16.8 Å². The Morgan fingerprint density at radius 2 is 1.94 bits per heavy atom. The number of benzene rings is 2. The standard InChI is InChI=1S/C23H18ClFN2O5S/c1-32-17-4-6-22-19(10-17)15(3-7-23(28)29)13-27(22)33(30,31)18-8-16(11-26-12-18)14-2-5-21(25)20(24)9-14/h2,4-6,8-13H,3,7H2,1H3,(H,28,29). The van der Waals surface area contributed by atoms with E-state index in [4.69, 9.17) is 21.4 Å². The number of aliphatic carboxylic acids is 1. The Hall–Kier alpha value is -3.43. The predicted molar refractivity (Wildman–Crippen MR) is 122 cm³/mol. The molecule has 0 aliphatic heterocycles. The first-order chi connectivity index (χ1) is 15.7. The van der Waals surface area contributed by atoms with Crippen molar-refractivity contribution >= 4 is 38.5 Å². The van der Waals surface area contributed by atoms with Crippen molar-refractivity contribution in [2.24, 2.45) is 0 Å². The molecule has 33 heavy (non-hydrogen) atoms. The number of aryl methyl sites for hydroxylation is 1. The molecular formula is C23H18ClFN2O5S. The number of hydrogen-bond donors (Lipinski definition) is 1. The average Bonchev–Trinajstić information content (AvgIpc) is 3.18. The van der Waals surface area contributed by atoms with Crippen LogP contribution in [0.15, 0.2) is 66.0 Å². The van der Waals surface area contributed by atoms with Gasteiger partial charge in [0.15, 0.2) is 0 Å². The second-order valence-corrected chi connectivity index (χ2v) is 9.49. The second kappa shape index (κ2) is 8.84. The molecule has 0 spiro atoms. The number of fused-ring (bicyclic) bond motifs is 1. The van der Waals surface area contributed by atoms with Crippen molar-refractivity contribution in [2.45, 2.75) is 17.7 Å². The molecule has 0 saturated carbocycles. The minimum Gasteiger partial charge on any atom is -0.497 e. The molecule has 2 aromatic carbocycles. The molecule has 0 fully saturated rings. The minimum atomic E-state index is -4.09. The number of carbonyl (C=O) groups is 1. The topological polar surface area (TPSA) is 98.5 Å². The molecule has 10 heteroatoms. The molecule has 0 saturated heterocycles. The van der Waals surface area contributed by atoms with Crippen LogP contribution in [-0.2, 0) is 21.2 Å². The van der Waals surface area contributed by atoms with E-state index in [1.807, 2.05) is 0 Å². The van der Waals surface area contributed by atoms with Gasteiger partial charge in [0.1, 0.15) is 16.5 Å². The Balaban J connectivity index is 1.84. The number of rotatable bonds is 7. The van der Waals surface area contributed by atoms with Gasteiger partial charge in [0.2, 0.25) is 0 Å². The molecule has 0 amide bonds. The molecule has 7 nitrogen and oxygen atoms in total. The lowest BCUT2D eigenvalue weighted by Gasteiger charge is -2.10. The normalized spacial score (nSPS) is 11.6. The fourth-order valence-electron chi connectivity index (χ4n) is 3.52. The van der Waals surface area contributed by atoms with Gasteiger partial charge in [0.25, 0.3) is 10.0 Å². The molecule has 0 bridgehead atoms. The van der Waals surface area contributed by atoms with Crippen LogP contribution in [-0.4, -0.2) is 35.6 Å². The van der Waals surface area contributed by atoms with Crippen LogP contribution in [0.25, 0.3) is 22.0 Å². The van der Waals surface area contributed by atoms with E-state index in [-0.39, 0.29) is 22.8 Å². The second-order valence-electron chi connectivity index (χ2n) is 7.27. The van der Waals surface area contributed by atoms with Crippen molar-refractivity contribution in [3.05, 3.63) is 77.5 Å². The summed E-state index contributed by atoms with van der Waals surface area (Å²) in [6.07, 6.45) is 4.09. The summed E-state index contributed by atoms with van der Waals surface area (Å²) in [6.45, 7) is 0. The zero-order valence-electron chi connectivity index (χ0n) is 17.3. The number of pyridine rings is 1. The van der Waals surface area contributed by atoms with Crippen molar-refractivity contribution in [1.29, 1.82) is 0 Å². The smallest absolute Gasteiger partial charge is 0.303 e. The van der Waals surface area contributed by atoms with E-state index in [0.717, 1.165) is 3.97 Å². The van der Waals surface area contributed by atoms with E-state index in [2.05, 4.69) is 4.98 Å². The summed E-state index contributed by atoms with van der Waals surface area (Å²) in [5.41, 5.74) is 1.90. The van der Waals surface area contributed by atoms with Crippen molar-refractivity contribution in [1.82, 2.24) is 8.96 Å². The van der Waals surface area contributed by atoms with Crippen molar-refractivity contribution in [3.63, 3.8) is 0 Å². The number of aromatic nitrogens is 2. The van der Waals surface area contributed by atoms with E-state index in [1.54, 1.807) is 18.2 Å². The quantitative estimate of drug-likeness (QED) is 0.403. The van der Waals surface area contributed by atoms with Crippen LogP contribution in [0.5, 0.6) is 5.75 Å². The Morgan fingerprint density at radius 1 is 1.15 bits per heavy atom. The largest absolute Gasteiger partial charge is 0.497 e. The van der Waals surface area contributed by atoms with Crippen LogP contribution in [0.4, 0.5) is 4.39 Å². The fourth-order valence-corrected chi connectivity index (χ4v) is 5.08. The zero-order chi connectivity index (χ0) is 23.8. The summed E-state index contributed by atoms with van der Waals surface area (Å²) in [4.78, 5) is 15.0. The summed E-state index contributed by atoms with van der Waals surface area (Å²) in [5.74, 6) is -1.05. The van der Waals surface area contributed by atoms with Crippen molar-refractivity contribution in [3.8, 4) is 16.9 Å². The Bertz CT molecular complexity index is 1480. The molecule has 0 aliphatic rings. The zero-order valence-corrected chi connectivity index (χ0v) is 18.9. The maximum Gasteiger partial charge on any atom is 0.303 e. The maximum absolute atomic E-state index is 13.5. The lowest BCUT2D eigenvalue weighted by Crippen LogP contribution is -2.12. The lowest BCUT2D eigenvalue weighted by molar-refractivity contribution is -0.136. The average molecular weight is 489 g/mol. The van der Waals surface area contributed by atoms with Crippen LogP contribution < -0.4 is 4.74 Å². The molecule has 4 aromatic rings. The maximum atomic E-state index is 13.5. The summed E-state index contributed by atoms with van der Waals surface area (Å²) in [5, 5.41) is 9.57. The van der Waals surface area contributed by atoms with E-state index < -0.39 is 21.8 Å². The van der Waals surface area contributed by atoms with Gasteiger partial charge in [-0.05, 0) is 53.9 Å². The van der Waals surface area contributed by atoms with Gasteiger partial charge in [0.05, 0.1) is 17.6 Å². The monoisotopic (exact) mass is 488 g/mol. The van der Waals surface area contributed by atoms with Crippen LogP contribution in [0.3, 0.4) is 0 Å². The first-order valence-corrected chi connectivity index (χ1v) is 11.6. The van der Waals surface area contributed by atoms with Gasteiger partial charge in [-0.2, -0.15) is 0 Å². The van der Waals surface area contributed by atoms with E-state index in [1.165, 1.54) is 50.0 Å². The minimum absolute atomic E-state index is 0.0852. The summed E-state index contributed by atoms with van der Waals surface area (Å²) in [6, 6.07) is 10.4. The van der Waals surface area contributed by atoms with Crippen LogP contribution in [0, 0.1) is 5.82 Å². The number of carboxylic acid groups (broad SMARTS) is 1. The molecule has 0 unspecified atom stereocenters. The van der Waals surface area contributed by atoms with Crippen LogP contribution in [0.2, 0.25) is 5.02 Å². The molecule has 0 atom stereocenters. The molecule has 2 aromatic heterocycles. The first kappa shape index (κ1) is 22.8. The Labute approximate surface area is 194 Å². The highest BCUT2D eigenvalue weighted by Gasteiger charge is 2.23. The number of hydrogen-bond acceptors (Lipinski definition) is 5. The highest BCUT2D eigenvalue weighted by molar-refractivity contribution is 7.90. The molecule has 4 rings (SSSR count). The molecular weight excluding hydrogens is 471 g/mol. The van der Waals surface area contributed by atoms with E-state index in [9.17, 15) is 17.6 Å². The van der Waals surface area contributed by atoms with Gasteiger partial charge >= 0.3 is 5.97 Å². The summed E-state index contributed by atoms with van der Waals surface area (Å²) >= 11 is 5.86. The molecule has 1 N–H and O–H groups in total. The molecule has 0 aliphatic carbocycles. The predicted octanol–water partition coefficient (Wildman–Crippen LogP) is 4.76. The van der Waals surface area contributed by atoms with Crippen LogP contribution in [0.1, 0.15) is 12.0 Å². The molecule has 0 radical (unpaired) electrons. The van der Waals surface area contributed by atoms with Crippen LogP contribution >= 0.6 is 11.6 Å². The Morgan fingerprint density at radius 3 is 2.64 bits per heavy atom. The number of ether oxygens (including phenoxy) is 1. The molecule has 170 valence electrons. The number of halogens is 2. The lowest BCUT2D eigenvalue weighted by atomic mass is 10.1. The Kier molecular flexibility index (Phi) is 6.09. The number of nitrogens with zero attached hydrogens (tertiary/aromatic N) is 2. The summed E-state index contributed by atoms with van der Waals surface area (Å²) in [7, 11) is -2.60. The van der Waals surface area contributed by atoms with Gasteiger partial charge in [-0.15, -0.1) is 0 Å². The highest BCUT2D eigenvalue weighted by atomic mass is 35.5. The van der Waals surface area contributed by atoms with Gasteiger partial charge in [0, 0.05) is 36.0 Å². The number of methoxy groups -OCH3 is 1. The highest BCUT2D eigenvalue weighted by Crippen LogP contribution is 2.31. The first-order valence-electron chi connectivity index (χ1n) is 9.76. The van der Waals surface area contributed by atoms with Gasteiger partial charge in [-0.1, -0.05) is 17.7 Å². The van der Waals surface area contributed by atoms with Gasteiger partial charge < -0.3 is 9.84 Å². The van der Waals surface area contributed by atoms with E-state index >= 15 is 0 Å². The number of carboxylic acids is 1. The third-order valence-corrected chi connectivity index (χ3v) is 7.12. The fraction of sp³-hybridized carbons (Fsp3) is 0.130. The molecule has 2 heterocycles. The van der Waals surface area contributed by atoms with Crippen molar-refractivity contribution < 1.29 is 27.4 Å². The van der Waals surface area contributed by atoms with Crippen molar-refractivity contribution in [2.75, 3.05) is 7.11 Å². The third kappa shape index (κ3) is 4.42. The summed E-state index contributed by atoms with van der Waals surface area (Å²) < 4.78 is 47.0. The van der Waals surface area contributed by atoms with E-state index in [0.29, 0.717) is 33.3 Å².